The highest BCUT2D eigenvalue weighted by molar-refractivity contribution is 7.13. The molecule has 4 heterocycles. The van der Waals surface area contributed by atoms with E-state index in [4.69, 9.17) is 9.26 Å². The van der Waals surface area contributed by atoms with Crippen LogP contribution in [0.1, 0.15) is 63.1 Å². The number of aliphatic hydroxyl groups excluding tert-OH is 1. The quantitative estimate of drug-likeness (QED) is 0.342. The second-order valence-electron chi connectivity index (χ2n) is 12.0. The van der Waals surface area contributed by atoms with Crippen LogP contribution in [0.15, 0.2) is 40.4 Å². The molecular weight excluding hydrogens is 584 g/mol. The number of hydrogen-bond donors (Lipinski definition) is 3. The lowest BCUT2D eigenvalue weighted by Gasteiger charge is -2.30. The lowest BCUT2D eigenvalue weighted by molar-refractivity contribution is -0.141. The van der Waals surface area contributed by atoms with Crippen LogP contribution in [0.25, 0.3) is 10.4 Å². The first kappa shape index (κ1) is 31.6. The van der Waals surface area contributed by atoms with Crippen LogP contribution in [0.4, 0.5) is 4.79 Å². The summed E-state index contributed by atoms with van der Waals surface area (Å²) < 4.78 is 10.9. The summed E-state index contributed by atoms with van der Waals surface area (Å²) in [6, 6.07) is 8.38. The Bertz CT molecular complexity index is 1470. The fourth-order valence-electron chi connectivity index (χ4n) is 5.83. The van der Waals surface area contributed by atoms with Crippen molar-refractivity contribution in [2.24, 2.45) is 5.92 Å². The number of carbonyl (C=O) groups excluding carboxylic acids is 3. The van der Waals surface area contributed by atoms with Crippen molar-refractivity contribution in [1.29, 1.82) is 0 Å². The van der Waals surface area contributed by atoms with Gasteiger partial charge in [0.25, 0.3) is 5.88 Å². The van der Waals surface area contributed by atoms with Gasteiger partial charge in [-0.25, -0.2) is 9.78 Å². The monoisotopic (exact) mass is 624 g/mol. The summed E-state index contributed by atoms with van der Waals surface area (Å²) in [7, 11) is 0. The number of aromatic nitrogens is 2. The number of carbonyl (C=O) groups is 3. The molecule has 44 heavy (non-hydrogen) atoms. The molecule has 5 rings (SSSR count). The van der Waals surface area contributed by atoms with Gasteiger partial charge < -0.3 is 34.8 Å². The van der Waals surface area contributed by atoms with Crippen LogP contribution in [0.2, 0.25) is 0 Å². The van der Waals surface area contributed by atoms with Crippen LogP contribution in [0.5, 0.6) is 5.88 Å². The van der Waals surface area contributed by atoms with Gasteiger partial charge in [0.05, 0.1) is 28.2 Å². The molecule has 2 fully saturated rings. The number of piperazine rings is 1. The molecule has 236 valence electrons. The van der Waals surface area contributed by atoms with E-state index in [1.54, 1.807) is 16.2 Å². The number of thiazole rings is 1. The average molecular weight is 625 g/mol. The molecule has 3 N–H and O–H groups in total. The van der Waals surface area contributed by atoms with Crippen LogP contribution in [-0.2, 0) is 9.59 Å². The van der Waals surface area contributed by atoms with Gasteiger partial charge in [-0.05, 0) is 43.0 Å². The predicted molar refractivity (Wildman–Crippen MR) is 164 cm³/mol. The average Bonchev–Trinajstić information content (AvgIpc) is 3.73. The lowest BCUT2D eigenvalue weighted by Crippen LogP contribution is -2.52. The zero-order valence-electron chi connectivity index (χ0n) is 25.6. The molecule has 2 saturated heterocycles. The first-order chi connectivity index (χ1) is 21.0. The third-order valence-electron chi connectivity index (χ3n) is 8.21. The summed E-state index contributed by atoms with van der Waals surface area (Å²) in [5.74, 6) is -1.53. The van der Waals surface area contributed by atoms with E-state index in [9.17, 15) is 19.5 Å². The number of benzene rings is 1. The molecule has 2 aromatic heterocycles. The summed E-state index contributed by atoms with van der Waals surface area (Å²) in [5.41, 5.74) is 4.77. The van der Waals surface area contributed by atoms with Crippen molar-refractivity contribution in [1.82, 2.24) is 30.6 Å². The minimum Gasteiger partial charge on any atom is -0.391 e. The van der Waals surface area contributed by atoms with Gasteiger partial charge in [-0.3, -0.25) is 9.59 Å². The zero-order valence-corrected chi connectivity index (χ0v) is 26.5. The molecule has 3 aromatic rings. The molecule has 1 unspecified atom stereocenters. The van der Waals surface area contributed by atoms with E-state index in [1.807, 2.05) is 64.4 Å². The highest BCUT2D eigenvalue weighted by atomic mass is 32.1. The minimum absolute atomic E-state index is 0.0224. The van der Waals surface area contributed by atoms with E-state index in [2.05, 4.69) is 20.8 Å². The maximum absolute atomic E-state index is 13.9. The lowest BCUT2D eigenvalue weighted by atomic mass is 9.91. The van der Waals surface area contributed by atoms with Crippen molar-refractivity contribution in [2.75, 3.05) is 26.2 Å². The van der Waals surface area contributed by atoms with Crippen LogP contribution in [-0.4, -0.2) is 87.3 Å². The molecule has 5 atom stereocenters. The van der Waals surface area contributed by atoms with E-state index in [1.165, 1.54) is 11.0 Å². The predicted octanol–water partition coefficient (Wildman–Crippen LogP) is 3.48. The van der Waals surface area contributed by atoms with Crippen molar-refractivity contribution in [3.63, 3.8) is 0 Å². The molecule has 0 aliphatic carbocycles. The van der Waals surface area contributed by atoms with Gasteiger partial charge in [0.15, 0.2) is 5.76 Å². The molecule has 13 heteroatoms. The first-order valence-corrected chi connectivity index (χ1v) is 15.9. The van der Waals surface area contributed by atoms with Crippen LogP contribution < -0.4 is 15.4 Å². The number of nitrogens with one attached hydrogen (secondary N) is 2. The molecule has 0 spiro atoms. The Balaban J connectivity index is 1.25. The van der Waals surface area contributed by atoms with E-state index in [-0.39, 0.29) is 54.4 Å². The molecule has 0 radical (unpaired) electrons. The van der Waals surface area contributed by atoms with E-state index < -0.39 is 24.2 Å². The van der Waals surface area contributed by atoms with E-state index in [0.717, 1.165) is 21.7 Å². The standard InChI is InChI=1S/C31H40N6O6S/c1-17(2)27(25-13-26(35-43-25)42-31(41)36-11-10-32-18(3)14-36)30(40)37-15-23(38)12-24(37)29(39)34-19(4)21-6-8-22(9-7-21)28-20(5)33-16-44-28/h6-9,13,16-19,23-24,27,32,38H,10-12,14-15H2,1-5H3,(H,34,39)/t18?,19-,23+,24-,27+/m0/s1. The van der Waals surface area contributed by atoms with Gasteiger partial charge in [0.2, 0.25) is 11.8 Å². The molecule has 1 aromatic carbocycles. The second-order valence-corrected chi connectivity index (χ2v) is 12.8. The highest BCUT2D eigenvalue weighted by Crippen LogP contribution is 2.33. The summed E-state index contributed by atoms with van der Waals surface area (Å²) in [5, 5.41) is 20.7. The Kier molecular flexibility index (Phi) is 9.66. The Labute approximate surface area is 260 Å². The topological polar surface area (TPSA) is 150 Å². The maximum atomic E-state index is 13.9. The number of β-amino-alcohol motifs (C(OH)–C–C–N with tert-alkyl or cyclic N) is 1. The number of amides is 3. The summed E-state index contributed by atoms with van der Waals surface area (Å²) >= 11 is 1.58. The van der Waals surface area contributed by atoms with Gasteiger partial charge in [-0.1, -0.05) is 38.1 Å². The second kappa shape index (κ2) is 13.4. The van der Waals surface area contributed by atoms with Gasteiger partial charge in [-0.15, -0.1) is 11.3 Å². The fourth-order valence-corrected chi connectivity index (χ4v) is 6.65. The molecular formula is C31H40N6O6S. The molecule has 0 saturated carbocycles. The fraction of sp³-hybridized carbons (Fsp3) is 0.516. The number of aryl methyl sites for hydroxylation is 1. The van der Waals surface area contributed by atoms with Crippen LogP contribution in [0, 0.1) is 12.8 Å². The Hall–Kier alpha value is -3.81. The SMILES string of the molecule is Cc1ncsc1-c1ccc([C@H](C)NC(=O)[C@@H]2C[C@@H](O)CN2C(=O)[C@@H](c2cc(OC(=O)N3CCNC(C)C3)no2)C(C)C)cc1. The number of likely N-dealkylation sites (tertiary alicyclic amines) is 1. The first-order valence-electron chi connectivity index (χ1n) is 15.0. The Morgan fingerprint density at radius 1 is 1.18 bits per heavy atom. The van der Waals surface area contributed by atoms with Gasteiger partial charge >= 0.3 is 6.09 Å². The number of nitrogens with zero attached hydrogens (tertiary/aromatic N) is 4. The van der Waals surface area contributed by atoms with Gasteiger partial charge in [0, 0.05) is 44.7 Å². The van der Waals surface area contributed by atoms with Gasteiger partial charge in [0.1, 0.15) is 12.0 Å². The zero-order chi connectivity index (χ0) is 31.5. The largest absolute Gasteiger partial charge is 0.416 e. The van der Waals surface area contributed by atoms with E-state index >= 15 is 0 Å². The van der Waals surface area contributed by atoms with Crippen molar-refractivity contribution in [3.05, 3.63) is 52.9 Å². The summed E-state index contributed by atoms with van der Waals surface area (Å²) in [6.07, 6.45) is -1.25. The minimum atomic E-state index is -0.852. The molecule has 3 amide bonds. The summed E-state index contributed by atoms with van der Waals surface area (Å²) in [4.78, 5) is 48.5. The molecule has 2 aliphatic heterocycles. The molecule has 0 bridgehead atoms. The van der Waals surface area contributed by atoms with Crippen LogP contribution >= 0.6 is 11.3 Å². The number of rotatable bonds is 8. The third kappa shape index (κ3) is 6.95. The van der Waals surface area contributed by atoms with Crippen molar-refractivity contribution < 1.29 is 28.8 Å². The van der Waals surface area contributed by atoms with E-state index in [0.29, 0.717) is 19.6 Å². The smallest absolute Gasteiger partial charge is 0.391 e. The Morgan fingerprint density at radius 2 is 1.93 bits per heavy atom. The number of hydrogen-bond acceptors (Lipinski definition) is 10. The van der Waals surface area contributed by atoms with Crippen molar-refractivity contribution in [3.8, 4) is 16.3 Å². The Morgan fingerprint density at radius 3 is 2.59 bits per heavy atom. The van der Waals surface area contributed by atoms with Crippen molar-refractivity contribution in [2.45, 2.75) is 71.2 Å². The third-order valence-corrected chi connectivity index (χ3v) is 9.18. The number of aliphatic hydroxyl groups is 1. The normalized spacial score (nSPS) is 21.8. The summed E-state index contributed by atoms with van der Waals surface area (Å²) in [6.45, 7) is 11.3. The number of ether oxygens (including phenoxy) is 1. The van der Waals surface area contributed by atoms with Gasteiger partial charge in [-0.2, -0.15) is 0 Å². The molecule has 12 nitrogen and oxygen atoms in total. The molecule has 2 aliphatic rings. The van der Waals surface area contributed by atoms with Crippen LogP contribution in [0.3, 0.4) is 0 Å². The maximum Gasteiger partial charge on any atom is 0.416 e. The van der Waals surface area contributed by atoms with Crippen molar-refractivity contribution >= 4 is 29.2 Å². The highest BCUT2D eigenvalue weighted by Gasteiger charge is 2.43.